The Balaban J connectivity index is 2.57. The molecule has 0 N–H and O–H groups in total. The zero-order valence-corrected chi connectivity index (χ0v) is 8.23. The van der Waals surface area contributed by atoms with Crippen molar-refractivity contribution in [1.29, 1.82) is 0 Å². The Bertz CT molecular complexity index is 381. The summed E-state index contributed by atoms with van der Waals surface area (Å²) in [6.45, 7) is 1.12. The summed E-state index contributed by atoms with van der Waals surface area (Å²) in [6.07, 6.45) is -0.413. The van der Waals surface area contributed by atoms with Crippen molar-refractivity contribution in [3.63, 3.8) is 0 Å². The molecule has 1 aromatic carbocycles. The lowest BCUT2D eigenvalue weighted by Gasteiger charge is -1.99. The van der Waals surface area contributed by atoms with E-state index in [1.807, 2.05) is 0 Å². The van der Waals surface area contributed by atoms with Crippen LogP contribution in [0.1, 0.15) is 23.7 Å². The minimum Gasteiger partial charge on any atom is -0.393 e. The maximum Gasteiger partial charge on any atom is 0.321 e. The molecule has 0 aromatic heterocycles. The van der Waals surface area contributed by atoms with E-state index in [2.05, 4.69) is 4.74 Å². The van der Waals surface area contributed by atoms with Gasteiger partial charge in [0, 0.05) is 12.5 Å². The van der Waals surface area contributed by atoms with Gasteiger partial charge in [0.1, 0.15) is 6.42 Å². The quantitative estimate of drug-likeness (QED) is 0.425. The molecule has 0 amide bonds. The molecule has 0 bridgehead atoms. The molecule has 0 saturated heterocycles. The highest BCUT2D eigenvalue weighted by Gasteiger charge is 2.13. The van der Waals surface area contributed by atoms with Crippen molar-refractivity contribution in [3.05, 3.63) is 35.9 Å². The molecule has 0 saturated carbocycles. The molecule has 0 unspecified atom stereocenters. The summed E-state index contributed by atoms with van der Waals surface area (Å²) in [4.78, 5) is 32.8. The molecular weight excluding hydrogens is 196 g/mol. The Morgan fingerprint density at radius 1 is 1.13 bits per heavy atom. The second-order valence-electron chi connectivity index (χ2n) is 2.93. The van der Waals surface area contributed by atoms with Crippen LogP contribution in [0.5, 0.6) is 0 Å². The van der Waals surface area contributed by atoms with Gasteiger partial charge in [-0.1, -0.05) is 30.3 Å². The van der Waals surface area contributed by atoms with E-state index < -0.39 is 18.4 Å². The zero-order valence-electron chi connectivity index (χ0n) is 8.23. The zero-order chi connectivity index (χ0) is 11.3. The van der Waals surface area contributed by atoms with E-state index >= 15 is 0 Å². The molecular formula is C11H10O4. The fourth-order valence-electron chi connectivity index (χ4n) is 1.05. The molecule has 15 heavy (non-hydrogen) atoms. The van der Waals surface area contributed by atoms with Crippen LogP contribution in [0.25, 0.3) is 0 Å². The van der Waals surface area contributed by atoms with Gasteiger partial charge in [0.25, 0.3) is 0 Å². The molecule has 0 radical (unpaired) electrons. The number of hydrogen-bond donors (Lipinski definition) is 0. The molecule has 0 heterocycles. The number of Topliss-reactive ketones (excluding diaryl/α,β-unsaturated/α-hetero) is 1. The fraction of sp³-hybridized carbons (Fsp3) is 0.182. The lowest BCUT2D eigenvalue weighted by atomic mass is 10.1. The SMILES string of the molecule is CC(=O)OC(=O)CC(=O)c1ccccc1. The monoisotopic (exact) mass is 206 g/mol. The highest BCUT2D eigenvalue weighted by Crippen LogP contribution is 2.03. The van der Waals surface area contributed by atoms with Crippen LogP contribution in [-0.4, -0.2) is 17.7 Å². The van der Waals surface area contributed by atoms with Gasteiger partial charge in [-0.15, -0.1) is 0 Å². The number of benzene rings is 1. The van der Waals surface area contributed by atoms with Crippen LogP contribution in [0, 0.1) is 0 Å². The molecule has 0 atom stereocenters. The molecule has 0 aliphatic rings. The van der Waals surface area contributed by atoms with E-state index in [-0.39, 0.29) is 5.78 Å². The van der Waals surface area contributed by atoms with Crippen LogP contribution in [0.15, 0.2) is 30.3 Å². The van der Waals surface area contributed by atoms with Crippen LogP contribution in [0.2, 0.25) is 0 Å². The van der Waals surface area contributed by atoms with Gasteiger partial charge in [-0.2, -0.15) is 0 Å². The molecule has 78 valence electrons. The van der Waals surface area contributed by atoms with Gasteiger partial charge in [0.2, 0.25) is 0 Å². The van der Waals surface area contributed by atoms with E-state index in [9.17, 15) is 14.4 Å². The number of rotatable bonds is 3. The van der Waals surface area contributed by atoms with Crippen LogP contribution in [0.3, 0.4) is 0 Å². The van der Waals surface area contributed by atoms with E-state index in [1.165, 1.54) is 0 Å². The number of hydrogen-bond acceptors (Lipinski definition) is 4. The molecule has 0 aliphatic carbocycles. The molecule has 0 aliphatic heterocycles. The van der Waals surface area contributed by atoms with E-state index in [4.69, 9.17) is 0 Å². The average Bonchev–Trinajstić information content (AvgIpc) is 2.17. The van der Waals surface area contributed by atoms with Crippen molar-refractivity contribution in [2.24, 2.45) is 0 Å². The predicted molar refractivity (Wildman–Crippen MR) is 52.2 cm³/mol. The first-order valence-corrected chi connectivity index (χ1v) is 4.39. The Morgan fingerprint density at radius 3 is 2.27 bits per heavy atom. The topological polar surface area (TPSA) is 60.4 Å². The maximum atomic E-state index is 11.4. The molecule has 0 spiro atoms. The Labute approximate surface area is 86.9 Å². The minimum atomic E-state index is -0.823. The lowest BCUT2D eigenvalue weighted by Crippen LogP contribution is -2.14. The van der Waals surface area contributed by atoms with Crippen molar-refractivity contribution in [1.82, 2.24) is 0 Å². The summed E-state index contributed by atoms with van der Waals surface area (Å²) in [5, 5.41) is 0. The number of esters is 2. The third-order valence-corrected chi connectivity index (χ3v) is 1.66. The first kappa shape index (κ1) is 11.1. The third kappa shape index (κ3) is 3.72. The van der Waals surface area contributed by atoms with Crippen molar-refractivity contribution in [2.75, 3.05) is 0 Å². The van der Waals surface area contributed by atoms with Gasteiger partial charge in [-0.05, 0) is 0 Å². The summed E-state index contributed by atoms with van der Waals surface area (Å²) in [5.41, 5.74) is 0.429. The van der Waals surface area contributed by atoms with Gasteiger partial charge in [-0.3, -0.25) is 14.4 Å². The van der Waals surface area contributed by atoms with Gasteiger partial charge >= 0.3 is 11.9 Å². The third-order valence-electron chi connectivity index (χ3n) is 1.66. The van der Waals surface area contributed by atoms with E-state index in [1.54, 1.807) is 30.3 Å². The van der Waals surface area contributed by atoms with Crippen molar-refractivity contribution >= 4 is 17.7 Å². The van der Waals surface area contributed by atoms with Crippen molar-refractivity contribution in [2.45, 2.75) is 13.3 Å². The summed E-state index contributed by atoms with van der Waals surface area (Å²) < 4.78 is 4.24. The van der Waals surface area contributed by atoms with Gasteiger partial charge in [0.15, 0.2) is 5.78 Å². The number of carbonyl (C=O) groups is 3. The molecule has 1 rings (SSSR count). The van der Waals surface area contributed by atoms with Gasteiger partial charge in [0.05, 0.1) is 0 Å². The summed E-state index contributed by atoms with van der Waals surface area (Å²) in [7, 11) is 0. The van der Waals surface area contributed by atoms with Gasteiger partial charge in [-0.25, -0.2) is 0 Å². The Kier molecular flexibility index (Phi) is 3.74. The summed E-state index contributed by atoms with van der Waals surface area (Å²) in [6, 6.07) is 8.37. The van der Waals surface area contributed by atoms with Gasteiger partial charge < -0.3 is 4.74 Å². The number of ketones is 1. The smallest absolute Gasteiger partial charge is 0.321 e. The largest absolute Gasteiger partial charge is 0.393 e. The van der Waals surface area contributed by atoms with Crippen molar-refractivity contribution in [3.8, 4) is 0 Å². The van der Waals surface area contributed by atoms with Crippen LogP contribution in [0.4, 0.5) is 0 Å². The number of ether oxygens (including phenoxy) is 1. The first-order valence-electron chi connectivity index (χ1n) is 4.39. The predicted octanol–water partition coefficient (Wildman–Crippen LogP) is 1.35. The molecule has 4 heteroatoms. The number of carbonyl (C=O) groups excluding carboxylic acids is 3. The van der Waals surface area contributed by atoms with Crippen LogP contribution >= 0.6 is 0 Å². The van der Waals surface area contributed by atoms with Crippen molar-refractivity contribution < 1.29 is 19.1 Å². The highest BCUT2D eigenvalue weighted by molar-refractivity contribution is 6.07. The standard InChI is InChI=1S/C11H10O4/c1-8(12)15-11(14)7-10(13)9-5-3-2-4-6-9/h2-6H,7H2,1H3. The van der Waals surface area contributed by atoms with E-state index in [0.29, 0.717) is 5.56 Å². The van der Waals surface area contributed by atoms with Crippen LogP contribution < -0.4 is 0 Å². The normalized spacial score (nSPS) is 9.40. The molecule has 0 fully saturated rings. The highest BCUT2D eigenvalue weighted by atomic mass is 16.6. The molecule has 1 aromatic rings. The second kappa shape index (κ2) is 5.05. The Hall–Kier alpha value is -1.97. The molecule has 4 nitrogen and oxygen atoms in total. The summed E-state index contributed by atoms with van der Waals surface area (Å²) >= 11 is 0. The minimum absolute atomic E-state index is 0.359. The summed E-state index contributed by atoms with van der Waals surface area (Å²) in [5.74, 6) is -1.89. The maximum absolute atomic E-state index is 11.4. The lowest BCUT2D eigenvalue weighted by molar-refractivity contribution is -0.157. The Morgan fingerprint density at radius 2 is 1.73 bits per heavy atom. The fourth-order valence-corrected chi connectivity index (χ4v) is 1.05. The second-order valence-corrected chi connectivity index (χ2v) is 2.93. The first-order chi connectivity index (χ1) is 7.09. The van der Waals surface area contributed by atoms with Crippen LogP contribution in [-0.2, 0) is 14.3 Å². The van der Waals surface area contributed by atoms with E-state index in [0.717, 1.165) is 6.92 Å². The average molecular weight is 206 g/mol.